The first kappa shape index (κ1) is 16.2. The van der Waals surface area contributed by atoms with Crippen molar-refractivity contribution in [2.75, 3.05) is 13.6 Å². The summed E-state index contributed by atoms with van der Waals surface area (Å²) in [5.74, 6) is 0.776. The lowest BCUT2D eigenvalue weighted by atomic mass is 10.1. The maximum Gasteiger partial charge on any atom is 0.0720 e. The maximum atomic E-state index is 5.60. The van der Waals surface area contributed by atoms with Crippen LogP contribution in [0.4, 0.5) is 0 Å². The predicted octanol–water partition coefficient (Wildman–Crippen LogP) is 4.09. The van der Waals surface area contributed by atoms with Gasteiger partial charge in [-0.25, -0.2) is 0 Å². The predicted molar refractivity (Wildman–Crippen MR) is 82.2 cm³/mol. The second kappa shape index (κ2) is 8.34. The highest BCUT2D eigenvalue weighted by atomic mass is 16.5. The first-order valence-corrected chi connectivity index (χ1v) is 7.35. The van der Waals surface area contributed by atoms with Crippen molar-refractivity contribution in [2.45, 2.75) is 53.4 Å². The Labute approximate surface area is 118 Å². The molecule has 0 aromatic heterocycles. The van der Waals surface area contributed by atoms with Crippen LogP contribution in [0.25, 0.3) is 0 Å². The fraction of sp³-hybridized carbons (Fsp3) is 0.647. The number of rotatable bonds is 8. The molecule has 0 saturated heterocycles. The van der Waals surface area contributed by atoms with E-state index < -0.39 is 0 Å². The van der Waals surface area contributed by atoms with Gasteiger partial charge in [-0.3, -0.25) is 0 Å². The van der Waals surface area contributed by atoms with E-state index in [1.54, 1.807) is 0 Å². The molecule has 0 heterocycles. The van der Waals surface area contributed by atoms with Crippen molar-refractivity contribution in [1.82, 2.24) is 4.90 Å². The summed E-state index contributed by atoms with van der Waals surface area (Å²) in [7, 11) is 2.19. The van der Waals surface area contributed by atoms with Gasteiger partial charge in [0.15, 0.2) is 0 Å². The lowest BCUT2D eigenvalue weighted by molar-refractivity contribution is 0.0657. The molecule has 19 heavy (non-hydrogen) atoms. The summed E-state index contributed by atoms with van der Waals surface area (Å²) in [5.41, 5.74) is 2.63. The van der Waals surface area contributed by atoms with Crippen molar-refractivity contribution in [1.29, 1.82) is 0 Å². The Morgan fingerprint density at radius 2 is 1.58 bits per heavy atom. The smallest absolute Gasteiger partial charge is 0.0720 e. The highest BCUT2D eigenvalue weighted by Crippen LogP contribution is 2.10. The van der Waals surface area contributed by atoms with Gasteiger partial charge in [0.05, 0.1) is 12.7 Å². The Kier molecular flexibility index (Phi) is 7.11. The molecule has 0 aliphatic carbocycles. The second-order valence-electron chi connectivity index (χ2n) is 6.10. The van der Waals surface area contributed by atoms with Crippen LogP contribution in [-0.2, 0) is 17.9 Å². The molecule has 0 aliphatic heterocycles. The molecule has 0 N–H and O–H groups in total. The summed E-state index contributed by atoms with van der Waals surface area (Å²) >= 11 is 0. The lowest BCUT2D eigenvalue weighted by Gasteiger charge is -2.18. The molecule has 0 radical (unpaired) electrons. The molecule has 0 bridgehead atoms. The van der Waals surface area contributed by atoms with E-state index in [0.29, 0.717) is 12.7 Å². The van der Waals surface area contributed by atoms with Crippen molar-refractivity contribution in [2.24, 2.45) is 5.92 Å². The number of hydrogen-bond acceptors (Lipinski definition) is 2. The monoisotopic (exact) mass is 263 g/mol. The summed E-state index contributed by atoms with van der Waals surface area (Å²) in [5, 5.41) is 0. The van der Waals surface area contributed by atoms with Gasteiger partial charge in [-0.2, -0.15) is 0 Å². The fourth-order valence-electron chi connectivity index (χ4n) is 1.87. The van der Waals surface area contributed by atoms with Gasteiger partial charge in [0.2, 0.25) is 0 Å². The number of ether oxygens (including phenoxy) is 1. The van der Waals surface area contributed by atoms with E-state index in [-0.39, 0.29) is 0 Å². The zero-order valence-corrected chi connectivity index (χ0v) is 13.1. The summed E-state index contributed by atoms with van der Waals surface area (Å²) in [4.78, 5) is 2.39. The van der Waals surface area contributed by atoms with Crippen molar-refractivity contribution in [3.63, 3.8) is 0 Å². The average molecular weight is 263 g/mol. The first-order chi connectivity index (χ1) is 8.97. The van der Waals surface area contributed by atoms with Crippen LogP contribution in [0.1, 0.15) is 45.2 Å². The molecule has 0 spiro atoms. The van der Waals surface area contributed by atoms with Crippen LogP contribution in [0.2, 0.25) is 0 Å². The zero-order valence-electron chi connectivity index (χ0n) is 13.1. The SMILES string of the molecule is CC(C)CCN(C)Cc1ccc(COC(C)C)cc1. The minimum absolute atomic E-state index is 0.293. The third kappa shape index (κ3) is 7.34. The highest BCUT2D eigenvalue weighted by molar-refractivity contribution is 5.21. The molecule has 1 aromatic rings. The maximum absolute atomic E-state index is 5.60. The van der Waals surface area contributed by atoms with Crippen molar-refractivity contribution < 1.29 is 4.74 Å². The van der Waals surface area contributed by atoms with Gasteiger partial charge in [-0.1, -0.05) is 38.1 Å². The van der Waals surface area contributed by atoms with Crippen LogP contribution in [-0.4, -0.2) is 24.6 Å². The molecule has 0 amide bonds. The molecular formula is C17H29NO. The average Bonchev–Trinajstić information content (AvgIpc) is 2.35. The molecule has 2 nitrogen and oxygen atoms in total. The molecule has 1 rings (SSSR count). The van der Waals surface area contributed by atoms with E-state index in [1.807, 2.05) is 0 Å². The quantitative estimate of drug-likeness (QED) is 0.700. The van der Waals surface area contributed by atoms with E-state index in [2.05, 4.69) is 63.9 Å². The van der Waals surface area contributed by atoms with Crippen molar-refractivity contribution in [3.05, 3.63) is 35.4 Å². The third-order valence-corrected chi connectivity index (χ3v) is 3.15. The Morgan fingerprint density at radius 1 is 1.00 bits per heavy atom. The standard InChI is InChI=1S/C17H29NO/c1-14(2)10-11-18(5)12-16-6-8-17(9-7-16)13-19-15(3)4/h6-9,14-15H,10-13H2,1-5H3. The molecule has 0 aliphatic rings. The molecular weight excluding hydrogens is 234 g/mol. The molecule has 0 fully saturated rings. The minimum atomic E-state index is 0.293. The van der Waals surface area contributed by atoms with Gasteiger partial charge in [0, 0.05) is 6.54 Å². The second-order valence-corrected chi connectivity index (χ2v) is 6.10. The van der Waals surface area contributed by atoms with Crippen molar-refractivity contribution >= 4 is 0 Å². The van der Waals surface area contributed by atoms with E-state index in [9.17, 15) is 0 Å². The molecule has 108 valence electrons. The van der Waals surface area contributed by atoms with E-state index in [1.165, 1.54) is 17.5 Å². The van der Waals surface area contributed by atoms with Crippen LogP contribution in [0.3, 0.4) is 0 Å². The summed E-state index contributed by atoms with van der Waals surface area (Å²) in [6, 6.07) is 8.78. The van der Waals surface area contributed by atoms with Gasteiger partial charge in [0.25, 0.3) is 0 Å². The van der Waals surface area contributed by atoms with Crippen LogP contribution in [0, 0.1) is 5.92 Å². The topological polar surface area (TPSA) is 12.5 Å². The van der Waals surface area contributed by atoms with Crippen molar-refractivity contribution in [3.8, 4) is 0 Å². The Morgan fingerprint density at radius 3 is 2.11 bits per heavy atom. The van der Waals surface area contributed by atoms with Gasteiger partial charge < -0.3 is 9.64 Å². The van der Waals surface area contributed by atoms with Crippen LogP contribution in [0.5, 0.6) is 0 Å². The van der Waals surface area contributed by atoms with Gasteiger partial charge in [-0.05, 0) is 50.9 Å². The van der Waals surface area contributed by atoms with Crippen LogP contribution < -0.4 is 0 Å². The highest BCUT2D eigenvalue weighted by Gasteiger charge is 2.03. The molecule has 0 saturated carbocycles. The zero-order chi connectivity index (χ0) is 14.3. The third-order valence-electron chi connectivity index (χ3n) is 3.15. The first-order valence-electron chi connectivity index (χ1n) is 7.35. The lowest BCUT2D eigenvalue weighted by Crippen LogP contribution is -2.20. The Balaban J connectivity index is 2.39. The number of hydrogen-bond donors (Lipinski definition) is 0. The minimum Gasteiger partial charge on any atom is -0.374 e. The van der Waals surface area contributed by atoms with E-state index in [0.717, 1.165) is 19.0 Å². The number of nitrogens with zero attached hydrogens (tertiary/aromatic N) is 1. The van der Waals surface area contributed by atoms with Crippen LogP contribution >= 0.6 is 0 Å². The summed E-state index contributed by atoms with van der Waals surface area (Å²) in [6.45, 7) is 11.6. The fourth-order valence-corrected chi connectivity index (χ4v) is 1.87. The molecule has 2 heteroatoms. The van der Waals surface area contributed by atoms with E-state index in [4.69, 9.17) is 4.74 Å². The molecule has 0 unspecified atom stereocenters. The van der Waals surface area contributed by atoms with Gasteiger partial charge in [0.1, 0.15) is 0 Å². The van der Waals surface area contributed by atoms with Crippen LogP contribution in [0.15, 0.2) is 24.3 Å². The summed E-state index contributed by atoms with van der Waals surface area (Å²) < 4.78 is 5.60. The number of benzene rings is 1. The normalized spacial score (nSPS) is 11.8. The van der Waals surface area contributed by atoms with Gasteiger partial charge in [-0.15, -0.1) is 0 Å². The largest absolute Gasteiger partial charge is 0.374 e. The molecule has 0 atom stereocenters. The summed E-state index contributed by atoms with van der Waals surface area (Å²) in [6.07, 6.45) is 1.55. The Bertz CT molecular complexity index is 343. The van der Waals surface area contributed by atoms with E-state index >= 15 is 0 Å². The Hall–Kier alpha value is -0.860. The molecule has 1 aromatic carbocycles. The van der Waals surface area contributed by atoms with Gasteiger partial charge >= 0.3 is 0 Å².